The fourth-order valence-corrected chi connectivity index (χ4v) is 1.38. The third kappa shape index (κ3) is 1.30. The molecule has 2 rings (SSSR count). The topological polar surface area (TPSA) is 41.6 Å². The van der Waals surface area contributed by atoms with Crippen molar-refractivity contribution in [2.24, 2.45) is 0 Å². The Kier molecular flexibility index (Phi) is 1.79. The monoisotopic (exact) mass is 175 g/mol. The highest BCUT2D eigenvalue weighted by Gasteiger charge is 2.07. The predicted octanol–water partition coefficient (Wildman–Crippen LogP) is 2.39. The van der Waals surface area contributed by atoms with Crippen molar-refractivity contribution >= 4 is 11.0 Å². The maximum atomic E-state index is 4.45. The van der Waals surface area contributed by atoms with Gasteiger partial charge in [-0.05, 0) is 13.0 Å². The molecule has 13 heavy (non-hydrogen) atoms. The molecule has 0 bridgehead atoms. The van der Waals surface area contributed by atoms with Crippen molar-refractivity contribution in [3.8, 4) is 0 Å². The van der Waals surface area contributed by atoms with Gasteiger partial charge in [-0.15, -0.1) is 0 Å². The highest BCUT2D eigenvalue weighted by Crippen LogP contribution is 2.16. The van der Waals surface area contributed by atoms with Crippen molar-refractivity contribution in [2.75, 3.05) is 0 Å². The summed E-state index contributed by atoms with van der Waals surface area (Å²) in [5, 5.41) is 0. The van der Waals surface area contributed by atoms with Gasteiger partial charge in [-0.3, -0.25) is 0 Å². The smallest absolute Gasteiger partial charge is 0.131 e. The number of nitrogens with zero attached hydrogens (tertiary/aromatic N) is 2. The molecular weight excluding hydrogens is 162 g/mol. The summed E-state index contributed by atoms with van der Waals surface area (Å²) in [6.45, 7) is 6.22. The van der Waals surface area contributed by atoms with Crippen LogP contribution in [0.25, 0.3) is 11.0 Å². The predicted molar refractivity (Wildman–Crippen MR) is 52.7 cm³/mol. The molecule has 2 aromatic heterocycles. The van der Waals surface area contributed by atoms with Gasteiger partial charge in [-0.1, -0.05) is 13.8 Å². The van der Waals surface area contributed by atoms with Crippen LogP contribution in [0.4, 0.5) is 0 Å². The quantitative estimate of drug-likeness (QED) is 0.723. The van der Waals surface area contributed by atoms with E-state index in [1.54, 1.807) is 0 Å². The minimum absolute atomic E-state index is 0.387. The first-order chi connectivity index (χ1) is 6.18. The van der Waals surface area contributed by atoms with Gasteiger partial charge in [-0.25, -0.2) is 9.97 Å². The second-order valence-electron chi connectivity index (χ2n) is 3.56. The Morgan fingerprint density at radius 3 is 2.77 bits per heavy atom. The first-order valence-corrected chi connectivity index (χ1v) is 4.50. The Morgan fingerprint density at radius 1 is 1.31 bits per heavy atom. The third-order valence-electron chi connectivity index (χ3n) is 2.12. The van der Waals surface area contributed by atoms with Crippen LogP contribution in [0.2, 0.25) is 0 Å². The van der Waals surface area contributed by atoms with Crippen molar-refractivity contribution in [1.29, 1.82) is 0 Å². The van der Waals surface area contributed by atoms with E-state index in [2.05, 4.69) is 28.8 Å². The second kappa shape index (κ2) is 2.83. The molecule has 68 valence electrons. The molecule has 0 spiro atoms. The van der Waals surface area contributed by atoms with Crippen LogP contribution in [0.5, 0.6) is 0 Å². The number of rotatable bonds is 1. The molecule has 3 heteroatoms. The summed E-state index contributed by atoms with van der Waals surface area (Å²) < 4.78 is 0. The standard InChI is InChI=1S/C10H13N3/c1-6(2)10-12-7(3)9-8(13-10)4-5-11-9/h4-6,11H,1-3H3. The van der Waals surface area contributed by atoms with E-state index in [0.717, 1.165) is 22.6 Å². The second-order valence-corrected chi connectivity index (χ2v) is 3.56. The normalized spacial score (nSPS) is 11.4. The lowest BCUT2D eigenvalue weighted by Crippen LogP contribution is -1.99. The summed E-state index contributed by atoms with van der Waals surface area (Å²) in [6, 6.07) is 1.98. The summed E-state index contributed by atoms with van der Waals surface area (Å²) in [4.78, 5) is 12.0. The summed E-state index contributed by atoms with van der Waals surface area (Å²) in [6.07, 6.45) is 1.90. The minimum Gasteiger partial charge on any atom is -0.358 e. The van der Waals surface area contributed by atoms with Crippen LogP contribution in [0, 0.1) is 6.92 Å². The zero-order valence-electron chi connectivity index (χ0n) is 8.13. The summed E-state index contributed by atoms with van der Waals surface area (Å²) in [5.74, 6) is 1.31. The molecule has 0 atom stereocenters. The van der Waals surface area contributed by atoms with Crippen LogP contribution < -0.4 is 0 Å². The van der Waals surface area contributed by atoms with Crippen molar-refractivity contribution in [3.05, 3.63) is 23.8 Å². The van der Waals surface area contributed by atoms with E-state index in [9.17, 15) is 0 Å². The number of aromatic amines is 1. The zero-order chi connectivity index (χ0) is 9.42. The van der Waals surface area contributed by atoms with Crippen molar-refractivity contribution in [2.45, 2.75) is 26.7 Å². The van der Waals surface area contributed by atoms with Gasteiger partial charge in [-0.2, -0.15) is 0 Å². The first-order valence-electron chi connectivity index (χ1n) is 4.50. The van der Waals surface area contributed by atoms with Crippen molar-refractivity contribution < 1.29 is 0 Å². The SMILES string of the molecule is Cc1nc(C(C)C)nc2cc[nH]c12. The molecule has 0 saturated heterocycles. The van der Waals surface area contributed by atoms with Gasteiger partial charge in [0, 0.05) is 12.1 Å². The Balaban J connectivity index is 2.70. The van der Waals surface area contributed by atoms with Gasteiger partial charge in [0.25, 0.3) is 0 Å². The van der Waals surface area contributed by atoms with E-state index in [0.29, 0.717) is 5.92 Å². The summed E-state index contributed by atoms with van der Waals surface area (Å²) >= 11 is 0. The van der Waals surface area contributed by atoms with Crippen LogP contribution >= 0.6 is 0 Å². The number of nitrogens with one attached hydrogen (secondary N) is 1. The van der Waals surface area contributed by atoms with Crippen LogP contribution in [0.15, 0.2) is 12.3 Å². The highest BCUT2D eigenvalue weighted by atomic mass is 14.9. The zero-order valence-corrected chi connectivity index (χ0v) is 8.13. The average Bonchev–Trinajstić information content (AvgIpc) is 2.51. The number of fused-ring (bicyclic) bond motifs is 1. The molecule has 2 aromatic rings. The molecular formula is C10H13N3. The molecule has 0 aliphatic heterocycles. The number of hydrogen-bond donors (Lipinski definition) is 1. The number of aromatic nitrogens is 3. The number of hydrogen-bond acceptors (Lipinski definition) is 2. The van der Waals surface area contributed by atoms with E-state index in [-0.39, 0.29) is 0 Å². The Hall–Kier alpha value is -1.38. The fraction of sp³-hybridized carbons (Fsp3) is 0.400. The van der Waals surface area contributed by atoms with E-state index in [1.807, 2.05) is 19.2 Å². The van der Waals surface area contributed by atoms with E-state index in [4.69, 9.17) is 0 Å². The maximum absolute atomic E-state index is 4.45. The van der Waals surface area contributed by atoms with Gasteiger partial charge in [0.2, 0.25) is 0 Å². The Bertz CT molecular complexity index is 429. The molecule has 0 aliphatic rings. The van der Waals surface area contributed by atoms with Gasteiger partial charge < -0.3 is 4.98 Å². The van der Waals surface area contributed by atoms with E-state index < -0.39 is 0 Å². The lowest BCUT2D eigenvalue weighted by molar-refractivity contribution is 0.776. The summed E-state index contributed by atoms with van der Waals surface area (Å²) in [5.41, 5.74) is 3.08. The van der Waals surface area contributed by atoms with Crippen LogP contribution in [0.1, 0.15) is 31.3 Å². The first kappa shape index (κ1) is 8.23. The highest BCUT2D eigenvalue weighted by molar-refractivity contribution is 5.76. The third-order valence-corrected chi connectivity index (χ3v) is 2.12. The Morgan fingerprint density at radius 2 is 2.08 bits per heavy atom. The molecule has 1 N–H and O–H groups in total. The summed E-state index contributed by atoms with van der Waals surface area (Å²) in [7, 11) is 0. The molecule has 2 heterocycles. The largest absolute Gasteiger partial charge is 0.358 e. The molecule has 0 unspecified atom stereocenters. The van der Waals surface area contributed by atoms with E-state index in [1.165, 1.54) is 0 Å². The van der Waals surface area contributed by atoms with Gasteiger partial charge in [0.15, 0.2) is 0 Å². The molecule has 0 amide bonds. The molecule has 0 radical (unpaired) electrons. The fourth-order valence-electron chi connectivity index (χ4n) is 1.38. The molecule has 0 aliphatic carbocycles. The molecule has 3 nitrogen and oxygen atoms in total. The lowest BCUT2D eigenvalue weighted by atomic mass is 10.2. The average molecular weight is 175 g/mol. The minimum atomic E-state index is 0.387. The number of aryl methyl sites for hydroxylation is 1. The number of H-pyrrole nitrogens is 1. The van der Waals surface area contributed by atoms with Gasteiger partial charge >= 0.3 is 0 Å². The maximum Gasteiger partial charge on any atom is 0.131 e. The van der Waals surface area contributed by atoms with E-state index >= 15 is 0 Å². The van der Waals surface area contributed by atoms with Gasteiger partial charge in [0.1, 0.15) is 5.82 Å². The lowest BCUT2D eigenvalue weighted by Gasteiger charge is -2.04. The van der Waals surface area contributed by atoms with Crippen molar-refractivity contribution in [3.63, 3.8) is 0 Å². The van der Waals surface area contributed by atoms with Crippen molar-refractivity contribution in [1.82, 2.24) is 15.0 Å². The van der Waals surface area contributed by atoms with Crippen LogP contribution in [-0.2, 0) is 0 Å². The molecule has 0 aromatic carbocycles. The Labute approximate surface area is 77.2 Å². The molecule has 0 saturated carbocycles. The van der Waals surface area contributed by atoms with Crippen LogP contribution in [0.3, 0.4) is 0 Å². The van der Waals surface area contributed by atoms with Crippen LogP contribution in [-0.4, -0.2) is 15.0 Å². The molecule has 0 fully saturated rings. The van der Waals surface area contributed by atoms with Gasteiger partial charge in [0.05, 0.1) is 16.7 Å².